The summed E-state index contributed by atoms with van der Waals surface area (Å²) in [4.78, 5) is 0. The van der Waals surface area contributed by atoms with Gasteiger partial charge in [-0.3, -0.25) is 0 Å². The quantitative estimate of drug-likeness (QED) is 0.322. The molecular weight excluding hydrogens is 242 g/mol. The van der Waals surface area contributed by atoms with E-state index in [-0.39, 0.29) is 0 Å². The third-order valence-corrected chi connectivity index (χ3v) is 4.05. The summed E-state index contributed by atoms with van der Waals surface area (Å²) in [5.74, 6) is 0. The first kappa shape index (κ1) is 17.2. The SMILES string of the molecule is CCCCCCCCCCCCCC[n+]1ccccc1. The van der Waals surface area contributed by atoms with Gasteiger partial charge in [-0.1, -0.05) is 77.2 Å². The predicted molar refractivity (Wildman–Crippen MR) is 87.7 cm³/mol. The third kappa shape index (κ3) is 10.00. The molecule has 0 N–H and O–H groups in total. The van der Waals surface area contributed by atoms with Gasteiger partial charge in [0.25, 0.3) is 0 Å². The van der Waals surface area contributed by atoms with Crippen LogP contribution in [-0.2, 0) is 6.54 Å². The standard InChI is InChI=1S/C19H34N/c1-2-3-4-5-6-7-8-9-10-11-12-14-17-20-18-15-13-16-19-20/h13,15-16,18-19H,2-12,14,17H2,1H3/q+1. The molecule has 1 heterocycles. The second-order valence-corrected chi connectivity index (χ2v) is 6.00. The van der Waals surface area contributed by atoms with E-state index in [4.69, 9.17) is 0 Å². The first-order chi connectivity index (χ1) is 9.93. The van der Waals surface area contributed by atoms with Crippen LogP contribution in [0.1, 0.15) is 84.0 Å². The van der Waals surface area contributed by atoms with Crippen molar-refractivity contribution in [3.63, 3.8) is 0 Å². The minimum Gasteiger partial charge on any atom is -0.205 e. The largest absolute Gasteiger partial charge is 0.205 e. The van der Waals surface area contributed by atoms with Crippen LogP contribution in [0.4, 0.5) is 0 Å². The second kappa shape index (κ2) is 13.1. The maximum atomic E-state index is 2.29. The van der Waals surface area contributed by atoms with E-state index in [0.717, 1.165) is 0 Å². The van der Waals surface area contributed by atoms with Crippen LogP contribution in [0.15, 0.2) is 30.6 Å². The van der Waals surface area contributed by atoms with Crippen molar-refractivity contribution in [1.29, 1.82) is 0 Å². The summed E-state index contributed by atoms with van der Waals surface area (Å²) < 4.78 is 2.29. The maximum Gasteiger partial charge on any atom is 0.168 e. The number of rotatable bonds is 13. The molecule has 0 saturated heterocycles. The van der Waals surface area contributed by atoms with E-state index in [0.29, 0.717) is 0 Å². The lowest BCUT2D eigenvalue weighted by Gasteiger charge is -2.02. The Morgan fingerprint density at radius 2 is 1.00 bits per heavy atom. The molecule has 1 aromatic heterocycles. The van der Waals surface area contributed by atoms with Crippen LogP contribution in [0.5, 0.6) is 0 Å². The second-order valence-electron chi connectivity index (χ2n) is 6.00. The zero-order valence-corrected chi connectivity index (χ0v) is 13.5. The molecule has 1 nitrogen and oxygen atoms in total. The molecule has 0 aliphatic carbocycles. The Morgan fingerprint density at radius 1 is 0.550 bits per heavy atom. The zero-order valence-electron chi connectivity index (χ0n) is 13.5. The highest BCUT2D eigenvalue weighted by atomic mass is 14.9. The van der Waals surface area contributed by atoms with Gasteiger partial charge in [-0.15, -0.1) is 0 Å². The zero-order chi connectivity index (χ0) is 14.3. The number of unbranched alkanes of at least 4 members (excludes halogenated alkanes) is 11. The van der Waals surface area contributed by atoms with Crippen molar-refractivity contribution < 1.29 is 4.57 Å². The van der Waals surface area contributed by atoms with Crippen LogP contribution in [0.3, 0.4) is 0 Å². The van der Waals surface area contributed by atoms with Crippen molar-refractivity contribution in [3.8, 4) is 0 Å². The van der Waals surface area contributed by atoms with Crippen LogP contribution in [-0.4, -0.2) is 0 Å². The van der Waals surface area contributed by atoms with Crippen molar-refractivity contribution >= 4 is 0 Å². The summed E-state index contributed by atoms with van der Waals surface area (Å²) in [6.07, 6.45) is 21.4. The van der Waals surface area contributed by atoms with E-state index in [2.05, 4.69) is 42.1 Å². The van der Waals surface area contributed by atoms with Crippen molar-refractivity contribution in [3.05, 3.63) is 30.6 Å². The number of aryl methyl sites for hydroxylation is 1. The molecule has 20 heavy (non-hydrogen) atoms. The molecule has 114 valence electrons. The minimum atomic E-state index is 1.18. The van der Waals surface area contributed by atoms with Gasteiger partial charge in [0.15, 0.2) is 12.4 Å². The highest BCUT2D eigenvalue weighted by Gasteiger charge is 1.97. The Kier molecular flexibility index (Phi) is 11.3. The van der Waals surface area contributed by atoms with E-state index in [1.165, 1.54) is 83.6 Å². The van der Waals surface area contributed by atoms with E-state index in [9.17, 15) is 0 Å². The fourth-order valence-corrected chi connectivity index (χ4v) is 2.72. The van der Waals surface area contributed by atoms with Crippen LogP contribution in [0, 0.1) is 0 Å². The van der Waals surface area contributed by atoms with Gasteiger partial charge in [-0.25, -0.2) is 4.57 Å². The first-order valence-corrected chi connectivity index (χ1v) is 8.87. The molecule has 0 amide bonds. The minimum absolute atomic E-state index is 1.18. The molecular formula is C19H34N+. The van der Waals surface area contributed by atoms with Gasteiger partial charge in [-0.05, 0) is 6.42 Å². The smallest absolute Gasteiger partial charge is 0.168 e. The number of nitrogens with zero attached hydrogens (tertiary/aromatic N) is 1. The Balaban J connectivity index is 1.77. The van der Waals surface area contributed by atoms with Crippen molar-refractivity contribution in [2.45, 2.75) is 90.5 Å². The number of pyridine rings is 1. The van der Waals surface area contributed by atoms with Crippen LogP contribution in [0.2, 0.25) is 0 Å². The molecule has 0 saturated carbocycles. The number of hydrogen-bond donors (Lipinski definition) is 0. The molecule has 0 fully saturated rings. The molecule has 0 spiro atoms. The first-order valence-electron chi connectivity index (χ1n) is 8.87. The van der Waals surface area contributed by atoms with Crippen LogP contribution in [0.25, 0.3) is 0 Å². The maximum absolute atomic E-state index is 2.29. The van der Waals surface area contributed by atoms with Gasteiger partial charge in [0.05, 0.1) is 0 Å². The summed E-state index contributed by atoms with van der Waals surface area (Å²) in [5.41, 5.74) is 0. The van der Waals surface area contributed by atoms with E-state index >= 15 is 0 Å². The molecule has 1 rings (SSSR count). The molecule has 0 radical (unpaired) electrons. The molecule has 0 aliphatic heterocycles. The van der Waals surface area contributed by atoms with Gasteiger partial charge < -0.3 is 0 Å². The fraction of sp³-hybridized carbons (Fsp3) is 0.737. The lowest BCUT2D eigenvalue weighted by atomic mass is 10.1. The van der Waals surface area contributed by atoms with Crippen molar-refractivity contribution in [2.24, 2.45) is 0 Å². The molecule has 1 heteroatoms. The normalized spacial score (nSPS) is 10.8. The molecule has 0 bridgehead atoms. The predicted octanol–water partition coefficient (Wildman–Crippen LogP) is 5.68. The topological polar surface area (TPSA) is 3.88 Å². The summed E-state index contributed by atoms with van der Waals surface area (Å²) in [5, 5.41) is 0. The lowest BCUT2D eigenvalue weighted by Crippen LogP contribution is -2.32. The van der Waals surface area contributed by atoms with Crippen LogP contribution >= 0.6 is 0 Å². The summed E-state index contributed by atoms with van der Waals surface area (Å²) in [6.45, 7) is 3.47. The van der Waals surface area contributed by atoms with E-state index < -0.39 is 0 Å². The summed E-state index contributed by atoms with van der Waals surface area (Å²) in [6, 6.07) is 6.31. The van der Waals surface area contributed by atoms with Gasteiger partial charge in [0, 0.05) is 18.6 Å². The molecule has 0 aromatic carbocycles. The molecule has 0 aliphatic rings. The lowest BCUT2D eigenvalue weighted by molar-refractivity contribution is -0.697. The number of hydrogen-bond acceptors (Lipinski definition) is 0. The van der Waals surface area contributed by atoms with E-state index in [1.807, 2.05) is 0 Å². The van der Waals surface area contributed by atoms with Crippen molar-refractivity contribution in [1.82, 2.24) is 0 Å². The molecule has 0 atom stereocenters. The molecule has 1 aromatic rings. The highest BCUT2D eigenvalue weighted by Crippen LogP contribution is 2.11. The molecule has 0 unspecified atom stereocenters. The van der Waals surface area contributed by atoms with Crippen molar-refractivity contribution in [2.75, 3.05) is 0 Å². The average Bonchev–Trinajstić information content (AvgIpc) is 2.49. The van der Waals surface area contributed by atoms with E-state index in [1.54, 1.807) is 0 Å². The Hall–Kier alpha value is -0.850. The fourth-order valence-electron chi connectivity index (χ4n) is 2.72. The highest BCUT2D eigenvalue weighted by molar-refractivity contribution is 4.83. The summed E-state index contributed by atoms with van der Waals surface area (Å²) >= 11 is 0. The van der Waals surface area contributed by atoms with Gasteiger partial charge in [0.2, 0.25) is 0 Å². The Morgan fingerprint density at radius 3 is 1.50 bits per heavy atom. The monoisotopic (exact) mass is 276 g/mol. The Labute approximate surface area is 126 Å². The van der Waals surface area contributed by atoms with Gasteiger partial charge in [0.1, 0.15) is 6.54 Å². The van der Waals surface area contributed by atoms with Crippen LogP contribution < -0.4 is 4.57 Å². The average molecular weight is 276 g/mol. The van der Waals surface area contributed by atoms with Gasteiger partial charge >= 0.3 is 0 Å². The summed E-state index contributed by atoms with van der Waals surface area (Å²) in [7, 11) is 0. The van der Waals surface area contributed by atoms with Gasteiger partial charge in [-0.2, -0.15) is 0 Å². The number of aromatic nitrogens is 1. The third-order valence-electron chi connectivity index (χ3n) is 4.05. The Bertz CT molecular complexity index is 294.